The van der Waals surface area contributed by atoms with Gasteiger partial charge in [-0.25, -0.2) is 0 Å². The number of rotatable bonds is 2. The molecule has 0 saturated carbocycles. The van der Waals surface area contributed by atoms with Crippen molar-refractivity contribution in [3.05, 3.63) is 29.3 Å². The van der Waals surface area contributed by atoms with Crippen molar-refractivity contribution in [1.29, 1.82) is 0 Å². The molecule has 2 rings (SSSR count). The molecule has 16 heavy (non-hydrogen) atoms. The summed E-state index contributed by atoms with van der Waals surface area (Å²) in [7, 11) is 2.90. The lowest BCUT2D eigenvalue weighted by molar-refractivity contribution is -0.142. The van der Waals surface area contributed by atoms with E-state index in [4.69, 9.17) is 9.47 Å². The molecule has 1 N–H and O–H groups in total. The van der Waals surface area contributed by atoms with Gasteiger partial charge in [-0.15, -0.1) is 0 Å². The third-order valence-electron chi connectivity index (χ3n) is 2.97. The van der Waals surface area contributed by atoms with Gasteiger partial charge in [0.2, 0.25) is 0 Å². The molecule has 4 heteroatoms. The smallest absolute Gasteiger partial charge is 0.313 e. The van der Waals surface area contributed by atoms with Crippen molar-refractivity contribution >= 4 is 5.97 Å². The van der Waals surface area contributed by atoms with Gasteiger partial charge in [0.25, 0.3) is 0 Å². The van der Waals surface area contributed by atoms with Gasteiger partial charge in [0.05, 0.1) is 26.2 Å². The molecule has 0 aromatic heterocycles. The van der Waals surface area contributed by atoms with E-state index in [0.29, 0.717) is 12.2 Å². The van der Waals surface area contributed by atoms with Gasteiger partial charge >= 0.3 is 5.97 Å². The van der Waals surface area contributed by atoms with E-state index in [1.54, 1.807) is 19.2 Å². The highest BCUT2D eigenvalue weighted by Crippen LogP contribution is 2.45. The summed E-state index contributed by atoms with van der Waals surface area (Å²) in [5.74, 6) is -0.127. The minimum absolute atomic E-state index is 0.331. The predicted molar refractivity (Wildman–Crippen MR) is 57.3 cm³/mol. The fraction of sp³-hybridized carbons (Fsp3) is 0.417. The molecule has 0 radical (unpaired) electrons. The minimum Gasteiger partial charge on any atom is -0.496 e. The van der Waals surface area contributed by atoms with Crippen molar-refractivity contribution in [2.75, 3.05) is 14.2 Å². The van der Waals surface area contributed by atoms with E-state index < -0.39 is 12.0 Å². The Kier molecular flexibility index (Phi) is 2.83. The fourth-order valence-corrected chi connectivity index (χ4v) is 2.23. The van der Waals surface area contributed by atoms with Crippen LogP contribution in [0.2, 0.25) is 0 Å². The summed E-state index contributed by atoms with van der Waals surface area (Å²) in [5, 5.41) is 9.85. The largest absolute Gasteiger partial charge is 0.496 e. The molecule has 2 atom stereocenters. The third kappa shape index (κ3) is 1.55. The maximum absolute atomic E-state index is 11.6. The minimum atomic E-state index is -0.616. The van der Waals surface area contributed by atoms with Crippen molar-refractivity contribution in [3.63, 3.8) is 0 Å². The number of carbonyl (C=O) groups is 1. The molecule has 0 fully saturated rings. The van der Waals surface area contributed by atoms with Crippen LogP contribution in [0.15, 0.2) is 18.2 Å². The molecule has 1 aliphatic rings. The Morgan fingerprint density at radius 1 is 1.44 bits per heavy atom. The summed E-state index contributed by atoms with van der Waals surface area (Å²) in [6.45, 7) is 0. The third-order valence-corrected chi connectivity index (χ3v) is 2.97. The summed E-state index contributed by atoms with van der Waals surface area (Å²) in [5.41, 5.74) is 1.51. The molecule has 0 heterocycles. The molecule has 0 saturated heterocycles. The van der Waals surface area contributed by atoms with Gasteiger partial charge in [0, 0.05) is 5.56 Å². The molecule has 0 spiro atoms. The number of fused-ring (bicyclic) bond motifs is 1. The average Bonchev–Trinajstić information content (AvgIpc) is 2.66. The van der Waals surface area contributed by atoms with Gasteiger partial charge in [0.1, 0.15) is 5.75 Å². The fourth-order valence-electron chi connectivity index (χ4n) is 2.23. The monoisotopic (exact) mass is 222 g/mol. The van der Waals surface area contributed by atoms with Crippen LogP contribution in [0.3, 0.4) is 0 Å². The Bertz CT molecular complexity index is 413. The van der Waals surface area contributed by atoms with Gasteiger partial charge in [0.15, 0.2) is 0 Å². The van der Waals surface area contributed by atoms with E-state index in [-0.39, 0.29) is 5.97 Å². The number of aliphatic hydroxyl groups excluding tert-OH is 1. The average molecular weight is 222 g/mol. The van der Waals surface area contributed by atoms with Gasteiger partial charge in [-0.3, -0.25) is 4.79 Å². The summed E-state index contributed by atoms with van der Waals surface area (Å²) in [6.07, 6.45) is -0.253. The molecule has 4 nitrogen and oxygen atoms in total. The predicted octanol–water partition coefficient (Wildman–Crippen LogP) is 1.39. The van der Waals surface area contributed by atoms with E-state index in [1.807, 2.05) is 6.07 Å². The molecule has 1 aromatic carbocycles. The van der Waals surface area contributed by atoms with Crippen LogP contribution in [0, 0.1) is 0 Å². The van der Waals surface area contributed by atoms with Crippen molar-refractivity contribution < 1.29 is 19.4 Å². The highest BCUT2D eigenvalue weighted by atomic mass is 16.5. The van der Waals surface area contributed by atoms with E-state index in [9.17, 15) is 9.90 Å². The molecule has 1 aromatic rings. The van der Waals surface area contributed by atoms with Crippen LogP contribution in [0.4, 0.5) is 0 Å². The van der Waals surface area contributed by atoms with Crippen LogP contribution in [-0.2, 0) is 9.53 Å². The number of aliphatic hydroxyl groups is 1. The van der Waals surface area contributed by atoms with Crippen LogP contribution in [0.1, 0.15) is 29.6 Å². The van der Waals surface area contributed by atoms with Gasteiger partial charge < -0.3 is 14.6 Å². The standard InChI is InChI=1S/C12H14O4/c1-15-10-5-3-4-7-9(13)6-8(11(7)10)12(14)16-2/h3-5,8-9,13H,6H2,1-2H3/t8-,9+/m1/s1. The maximum Gasteiger partial charge on any atom is 0.313 e. The van der Waals surface area contributed by atoms with Crippen LogP contribution < -0.4 is 4.74 Å². The lowest BCUT2D eigenvalue weighted by Gasteiger charge is -2.12. The Labute approximate surface area is 93.8 Å². The zero-order valence-electron chi connectivity index (χ0n) is 9.27. The van der Waals surface area contributed by atoms with Crippen molar-refractivity contribution in [1.82, 2.24) is 0 Å². The Hall–Kier alpha value is -1.55. The highest BCUT2D eigenvalue weighted by molar-refractivity contribution is 5.81. The van der Waals surface area contributed by atoms with Gasteiger partial charge in [-0.1, -0.05) is 12.1 Å². The number of hydrogen-bond donors (Lipinski definition) is 1. The summed E-state index contributed by atoms with van der Waals surface area (Å²) >= 11 is 0. The second-order valence-corrected chi connectivity index (χ2v) is 3.79. The van der Waals surface area contributed by atoms with Crippen LogP contribution in [0.5, 0.6) is 5.75 Å². The number of ether oxygens (including phenoxy) is 2. The molecule has 86 valence electrons. The highest BCUT2D eigenvalue weighted by Gasteiger charge is 2.37. The van der Waals surface area contributed by atoms with Crippen molar-refractivity contribution in [2.24, 2.45) is 0 Å². The molecule has 0 bridgehead atoms. The van der Waals surface area contributed by atoms with Gasteiger partial charge in [-0.05, 0) is 18.1 Å². The number of methoxy groups -OCH3 is 2. The van der Waals surface area contributed by atoms with Gasteiger partial charge in [-0.2, -0.15) is 0 Å². The van der Waals surface area contributed by atoms with E-state index in [0.717, 1.165) is 11.1 Å². The van der Waals surface area contributed by atoms with E-state index in [1.165, 1.54) is 7.11 Å². The topological polar surface area (TPSA) is 55.8 Å². The number of carbonyl (C=O) groups excluding carboxylic acids is 1. The van der Waals surface area contributed by atoms with Crippen LogP contribution in [-0.4, -0.2) is 25.3 Å². The van der Waals surface area contributed by atoms with Crippen molar-refractivity contribution in [3.8, 4) is 5.75 Å². The zero-order valence-corrected chi connectivity index (χ0v) is 9.27. The Balaban J connectivity index is 2.50. The first-order chi connectivity index (χ1) is 7.69. The van der Waals surface area contributed by atoms with Crippen molar-refractivity contribution in [2.45, 2.75) is 18.4 Å². The maximum atomic E-state index is 11.6. The van der Waals surface area contributed by atoms with Crippen LogP contribution in [0.25, 0.3) is 0 Å². The van der Waals surface area contributed by atoms with Crippen LogP contribution >= 0.6 is 0 Å². The summed E-state index contributed by atoms with van der Waals surface area (Å²) in [6, 6.07) is 5.40. The SMILES string of the molecule is COC(=O)[C@@H]1C[C@H](O)c2cccc(OC)c21. The summed E-state index contributed by atoms with van der Waals surface area (Å²) < 4.78 is 9.94. The lowest BCUT2D eigenvalue weighted by Crippen LogP contribution is -2.12. The Morgan fingerprint density at radius 3 is 2.81 bits per heavy atom. The number of hydrogen-bond acceptors (Lipinski definition) is 4. The zero-order chi connectivity index (χ0) is 11.7. The number of esters is 1. The molecule has 0 amide bonds. The molecule has 1 aliphatic carbocycles. The van der Waals surface area contributed by atoms with E-state index >= 15 is 0 Å². The second kappa shape index (κ2) is 4.14. The second-order valence-electron chi connectivity index (χ2n) is 3.79. The summed E-state index contributed by atoms with van der Waals surface area (Å²) in [4.78, 5) is 11.6. The Morgan fingerprint density at radius 2 is 2.19 bits per heavy atom. The normalized spacial score (nSPS) is 22.7. The quantitative estimate of drug-likeness (QED) is 0.768. The number of benzene rings is 1. The molecular formula is C12H14O4. The first kappa shape index (κ1) is 11.0. The lowest BCUT2D eigenvalue weighted by atomic mass is 10.0. The molecule has 0 unspecified atom stereocenters. The first-order valence-corrected chi connectivity index (χ1v) is 5.11. The first-order valence-electron chi connectivity index (χ1n) is 5.11. The van der Waals surface area contributed by atoms with E-state index in [2.05, 4.69) is 0 Å². The molecule has 0 aliphatic heterocycles. The molecular weight excluding hydrogens is 208 g/mol.